The van der Waals surface area contributed by atoms with Gasteiger partial charge in [0.25, 0.3) is 0 Å². The highest BCUT2D eigenvalue weighted by atomic mass is 35.5. The van der Waals surface area contributed by atoms with Crippen LogP contribution in [0.15, 0.2) is 42.5 Å². The zero-order chi connectivity index (χ0) is 13.8. The van der Waals surface area contributed by atoms with Crippen LogP contribution < -0.4 is 0 Å². The van der Waals surface area contributed by atoms with Gasteiger partial charge < -0.3 is 0 Å². The van der Waals surface area contributed by atoms with E-state index in [4.69, 9.17) is 34.8 Å². The lowest BCUT2D eigenvalue weighted by Gasteiger charge is -2.05. The van der Waals surface area contributed by atoms with Crippen molar-refractivity contribution in [1.29, 1.82) is 0 Å². The first-order valence-electron chi connectivity index (χ1n) is 5.74. The van der Waals surface area contributed by atoms with E-state index in [0.29, 0.717) is 21.5 Å². The molecular formula is C15H11Cl3O. The summed E-state index contributed by atoms with van der Waals surface area (Å²) in [6.07, 6.45) is 0.641. The number of halogens is 3. The Kier molecular flexibility index (Phi) is 4.87. The third-order valence-electron chi connectivity index (χ3n) is 2.71. The summed E-state index contributed by atoms with van der Waals surface area (Å²) < 4.78 is 0. The molecular weight excluding hydrogens is 303 g/mol. The van der Waals surface area contributed by atoms with Crippen molar-refractivity contribution >= 4 is 40.6 Å². The zero-order valence-corrected chi connectivity index (χ0v) is 12.3. The average molecular weight is 314 g/mol. The van der Waals surface area contributed by atoms with Crippen LogP contribution in [-0.2, 0) is 17.6 Å². The molecule has 0 saturated carbocycles. The second-order valence-electron chi connectivity index (χ2n) is 4.25. The maximum Gasteiger partial charge on any atom is 0.141 e. The molecule has 4 heteroatoms. The largest absolute Gasteiger partial charge is 0.299 e. The van der Waals surface area contributed by atoms with Crippen LogP contribution >= 0.6 is 34.8 Å². The standard InChI is InChI=1S/C15H11Cl3O/c16-12-3-1-10(2-4-12)7-14(19)9-11-8-13(17)5-6-15(11)18/h1-6,8H,7,9H2. The van der Waals surface area contributed by atoms with E-state index in [1.165, 1.54) is 0 Å². The van der Waals surface area contributed by atoms with Crippen LogP contribution in [0.5, 0.6) is 0 Å². The van der Waals surface area contributed by atoms with Gasteiger partial charge in [0.2, 0.25) is 0 Å². The molecule has 0 fully saturated rings. The fraction of sp³-hybridized carbons (Fsp3) is 0.133. The highest BCUT2D eigenvalue weighted by molar-refractivity contribution is 6.33. The predicted octanol–water partition coefficient (Wildman–Crippen LogP) is 5.00. The molecule has 19 heavy (non-hydrogen) atoms. The fourth-order valence-corrected chi connectivity index (χ4v) is 2.29. The van der Waals surface area contributed by atoms with Gasteiger partial charge in [0.05, 0.1) is 0 Å². The third-order valence-corrected chi connectivity index (χ3v) is 3.57. The first kappa shape index (κ1) is 14.4. The van der Waals surface area contributed by atoms with Gasteiger partial charge in [0.15, 0.2) is 0 Å². The van der Waals surface area contributed by atoms with Crippen LogP contribution in [0.2, 0.25) is 15.1 Å². The first-order chi connectivity index (χ1) is 9.04. The molecule has 0 bridgehead atoms. The molecule has 0 saturated heterocycles. The molecule has 2 rings (SSSR count). The van der Waals surface area contributed by atoms with Crippen LogP contribution in [0.3, 0.4) is 0 Å². The van der Waals surface area contributed by atoms with E-state index in [9.17, 15) is 4.79 Å². The minimum atomic E-state index is 0.0893. The first-order valence-corrected chi connectivity index (χ1v) is 6.88. The Morgan fingerprint density at radius 2 is 1.47 bits per heavy atom. The number of hydrogen-bond acceptors (Lipinski definition) is 1. The van der Waals surface area contributed by atoms with Gasteiger partial charge in [-0.1, -0.05) is 46.9 Å². The van der Waals surface area contributed by atoms with Gasteiger partial charge >= 0.3 is 0 Å². The summed E-state index contributed by atoms with van der Waals surface area (Å²) in [5.41, 5.74) is 1.70. The molecule has 0 aliphatic heterocycles. The Hall–Kier alpha value is -1.02. The Balaban J connectivity index is 2.05. The summed E-state index contributed by atoms with van der Waals surface area (Å²) in [5, 5.41) is 1.81. The molecule has 0 atom stereocenters. The Morgan fingerprint density at radius 1 is 0.842 bits per heavy atom. The van der Waals surface area contributed by atoms with Gasteiger partial charge in [-0.15, -0.1) is 0 Å². The van der Waals surface area contributed by atoms with Gasteiger partial charge in [0, 0.05) is 27.9 Å². The van der Waals surface area contributed by atoms with Gasteiger partial charge in [-0.3, -0.25) is 4.79 Å². The van der Waals surface area contributed by atoms with Crippen molar-refractivity contribution in [1.82, 2.24) is 0 Å². The molecule has 98 valence electrons. The van der Waals surface area contributed by atoms with Gasteiger partial charge in [-0.25, -0.2) is 0 Å². The lowest BCUT2D eigenvalue weighted by molar-refractivity contribution is -0.117. The van der Waals surface area contributed by atoms with Crippen LogP contribution in [0.25, 0.3) is 0 Å². The summed E-state index contributed by atoms with van der Waals surface area (Å²) in [4.78, 5) is 12.0. The summed E-state index contributed by atoms with van der Waals surface area (Å²) in [6.45, 7) is 0. The summed E-state index contributed by atoms with van der Waals surface area (Å²) >= 11 is 17.7. The van der Waals surface area contributed by atoms with Crippen molar-refractivity contribution in [3.63, 3.8) is 0 Å². The second-order valence-corrected chi connectivity index (χ2v) is 5.53. The van der Waals surface area contributed by atoms with E-state index >= 15 is 0 Å². The molecule has 0 aliphatic carbocycles. The fourth-order valence-electron chi connectivity index (χ4n) is 1.78. The Labute approximate surface area is 127 Å². The summed E-state index contributed by atoms with van der Waals surface area (Å²) in [7, 11) is 0. The number of ketones is 1. The van der Waals surface area contributed by atoms with Crippen LogP contribution in [0, 0.1) is 0 Å². The molecule has 0 heterocycles. The predicted molar refractivity (Wildman–Crippen MR) is 80.3 cm³/mol. The van der Waals surface area contributed by atoms with Gasteiger partial charge in [0.1, 0.15) is 5.78 Å². The quantitative estimate of drug-likeness (QED) is 0.776. The summed E-state index contributed by atoms with van der Waals surface area (Å²) in [6, 6.07) is 12.4. The maximum absolute atomic E-state index is 12.0. The summed E-state index contributed by atoms with van der Waals surface area (Å²) in [5.74, 6) is 0.0893. The van der Waals surface area contributed by atoms with Crippen LogP contribution in [0.4, 0.5) is 0 Å². The number of rotatable bonds is 4. The molecule has 0 aliphatic rings. The lowest BCUT2D eigenvalue weighted by Crippen LogP contribution is -2.07. The van der Waals surface area contributed by atoms with Crippen molar-refractivity contribution in [2.24, 2.45) is 0 Å². The minimum absolute atomic E-state index is 0.0893. The second kappa shape index (κ2) is 6.42. The maximum atomic E-state index is 12.0. The van der Waals surface area contributed by atoms with Crippen LogP contribution in [-0.4, -0.2) is 5.78 Å². The highest BCUT2D eigenvalue weighted by Crippen LogP contribution is 2.21. The molecule has 1 nitrogen and oxygen atoms in total. The number of carbonyl (C=O) groups excluding carboxylic acids is 1. The zero-order valence-electron chi connectivity index (χ0n) is 10.00. The molecule has 0 unspecified atom stereocenters. The van der Waals surface area contributed by atoms with E-state index in [0.717, 1.165) is 11.1 Å². The lowest BCUT2D eigenvalue weighted by atomic mass is 10.0. The topological polar surface area (TPSA) is 17.1 Å². The molecule has 0 N–H and O–H groups in total. The smallest absolute Gasteiger partial charge is 0.141 e. The molecule has 0 amide bonds. The SMILES string of the molecule is O=C(Cc1ccc(Cl)cc1)Cc1cc(Cl)ccc1Cl. The molecule has 0 aromatic heterocycles. The van der Waals surface area contributed by atoms with Crippen LogP contribution in [0.1, 0.15) is 11.1 Å². The van der Waals surface area contributed by atoms with Crippen molar-refractivity contribution in [2.75, 3.05) is 0 Å². The van der Waals surface area contributed by atoms with Crippen molar-refractivity contribution in [3.8, 4) is 0 Å². The van der Waals surface area contributed by atoms with Gasteiger partial charge in [-0.05, 0) is 41.5 Å². The van der Waals surface area contributed by atoms with Crippen molar-refractivity contribution in [2.45, 2.75) is 12.8 Å². The average Bonchev–Trinajstić information content (AvgIpc) is 2.37. The molecule has 2 aromatic carbocycles. The number of benzene rings is 2. The Bertz CT molecular complexity index is 591. The third kappa shape index (κ3) is 4.24. The number of hydrogen-bond donors (Lipinski definition) is 0. The Morgan fingerprint density at radius 3 is 2.16 bits per heavy atom. The number of Topliss-reactive ketones (excluding diaryl/α,β-unsaturated/α-hetero) is 1. The highest BCUT2D eigenvalue weighted by Gasteiger charge is 2.09. The van der Waals surface area contributed by atoms with Gasteiger partial charge in [-0.2, -0.15) is 0 Å². The molecule has 0 spiro atoms. The monoisotopic (exact) mass is 312 g/mol. The number of carbonyl (C=O) groups is 1. The van der Waals surface area contributed by atoms with Crippen molar-refractivity contribution in [3.05, 3.63) is 68.7 Å². The van der Waals surface area contributed by atoms with Crippen molar-refractivity contribution < 1.29 is 4.79 Å². The van der Waals surface area contributed by atoms with E-state index in [-0.39, 0.29) is 12.2 Å². The van der Waals surface area contributed by atoms with E-state index < -0.39 is 0 Å². The van der Waals surface area contributed by atoms with E-state index in [1.54, 1.807) is 30.3 Å². The normalized spacial score (nSPS) is 10.5. The molecule has 2 aromatic rings. The minimum Gasteiger partial charge on any atom is -0.299 e. The molecule has 0 radical (unpaired) electrons. The van der Waals surface area contributed by atoms with E-state index in [1.807, 2.05) is 12.1 Å². The van der Waals surface area contributed by atoms with E-state index in [2.05, 4.69) is 0 Å².